The van der Waals surface area contributed by atoms with Gasteiger partial charge in [-0.25, -0.2) is 4.79 Å². The van der Waals surface area contributed by atoms with Crippen LogP contribution in [0.3, 0.4) is 0 Å². The zero-order chi connectivity index (χ0) is 17.4. The number of rotatable bonds is 8. The van der Waals surface area contributed by atoms with Crippen LogP contribution in [0.15, 0.2) is 17.5 Å². The van der Waals surface area contributed by atoms with Crippen LogP contribution in [0, 0.1) is 0 Å². The quantitative estimate of drug-likeness (QED) is 0.611. The highest BCUT2D eigenvalue weighted by atomic mass is 32.1. The molecule has 0 saturated heterocycles. The third-order valence-corrected chi connectivity index (χ3v) is 3.89. The van der Waals surface area contributed by atoms with Gasteiger partial charge in [-0.15, -0.1) is 11.3 Å². The maximum atomic E-state index is 12.2. The number of carbonyl (C=O) groups excluding carboxylic acids is 3. The van der Waals surface area contributed by atoms with Crippen molar-refractivity contribution in [3.05, 3.63) is 22.4 Å². The first-order valence-electron chi connectivity index (χ1n) is 6.91. The van der Waals surface area contributed by atoms with E-state index in [1.54, 1.807) is 17.5 Å². The topological polar surface area (TPSA) is 116 Å². The highest BCUT2D eigenvalue weighted by molar-refractivity contribution is 7.12. The second-order valence-electron chi connectivity index (χ2n) is 4.74. The van der Waals surface area contributed by atoms with Gasteiger partial charge in [-0.3, -0.25) is 14.4 Å². The summed E-state index contributed by atoms with van der Waals surface area (Å²) in [5.74, 6) is -2.36. The maximum absolute atomic E-state index is 12.2. The standard InChI is InChI=1S/C14H19N3O5S/c1-9(14(21)22)17(6-5-15-10(2)18)12(19)8-16-13(20)11-4-3-7-23-11/h3-4,7,9H,5-6,8H2,1-2H3,(H,15,18)(H,16,20)(H,21,22). The molecule has 1 aromatic rings. The number of carbonyl (C=O) groups is 4. The Morgan fingerprint density at radius 1 is 1.30 bits per heavy atom. The Balaban J connectivity index is 2.61. The summed E-state index contributed by atoms with van der Waals surface area (Å²) in [4.78, 5) is 47.5. The van der Waals surface area contributed by atoms with E-state index in [4.69, 9.17) is 5.11 Å². The van der Waals surface area contributed by atoms with E-state index in [2.05, 4.69) is 10.6 Å². The van der Waals surface area contributed by atoms with Crippen LogP contribution in [0.4, 0.5) is 0 Å². The van der Waals surface area contributed by atoms with Crippen LogP contribution < -0.4 is 10.6 Å². The smallest absolute Gasteiger partial charge is 0.326 e. The van der Waals surface area contributed by atoms with E-state index in [0.717, 1.165) is 4.90 Å². The van der Waals surface area contributed by atoms with Crippen LogP contribution in [0.25, 0.3) is 0 Å². The summed E-state index contributed by atoms with van der Waals surface area (Å²) in [5.41, 5.74) is 0. The molecule has 0 aliphatic rings. The lowest BCUT2D eigenvalue weighted by Gasteiger charge is -2.26. The molecular weight excluding hydrogens is 322 g/mol. The van der Waals surface area contributed by atoms with E-state index in [1.807, 2.05) is 0 Å². The summed E-state index contributed by atoms with van der Waals surface area (Å²) in [6, 6.07) is 2.28. The molecule has 3 N–H and O–H groups in total. The van der Waals surface area contributed by atoms with Crippen molar-refractivity contribution < 1.29 is 24.3 Å². The van der Waals surface area contributed by atoms with Crippen molar-refractivity contribution in [1.29, 1.82) is 0 Å². The van der Waals surface area contributed by atoms with Gasteiger partial charge in [0.15, 0.2) is 0 Å². The maximum Gasteiger partial charge on any atom is 0.326 e. The van der Waals surface area contributed by atoms with E-state index in [1.165, 1.54) is 25.2 Å². The third kappa shape index (κ3) is 6.07. The molecule has 0 aliphatic carbocycles. The summed E-state index contributed by atoms with van der Waals surface area (Å²) in [6.45, 7) is 2.57. The summed E-state index contributed by atoms with van der Waals surface area (Å²) in [7, 11) is 0. The fourth-order valence-corrected chi connectivity index (χ4v) is 2.41. The van der Waals surface area contributed by atoms with E-state index in [9.17, 15) is 19.2 Å². The number of nitrogens with one attached hydrogen (secondary N) is 2. The van der Waals surface area contributed by atoms with Crippen LogP contribution in [0.2, 0.25) is 0 Å². The van der Waals surface area contributed by atoms with Crippen LogP contribution >= 0.6 is 11.3 Å². The molecule has 1 heterocycles. The van der Waals surface area contributed by atoms with Crippen molar-refractivity contribution in [2.75, 3.05) is 19.6 Å². The molecule has 23 heavy (non-hydrogen) atoms. The van der Waals surface area contributed by atoms with Gasteiger partial charge in [-0.2, -0.15) is 0 Å². The van der Waals surface area contributed by atoms with Crippen molar-refractivity contribution in [2.45, 2.75) is 19.9 Å². The SMILES string of the molecule is CC(=O)NCCN(C(=O)CNC(=O)c1cccs1)C(C)C(=O)O. The Bertz CT molecular complexity index is 573. The first-order chi connectivity index (χ1) is 10.8. The van der Waals surface area contributed by atoms with Crippen molar-refractivity contribution in [3.63, 3.8) is 0 Å². The molecule has 1 rings (SSSR count). The van der Waals surface area contributed by atoms with Gasteiger partial charge < -0.3 is 20.6 Å². The molecule has 1 aromatic heterocycles. The summed E-state index contributed by atoms with van der Waals surface area (Å²) >= 11 is 1.24. The second kappa shape index (κ2) is 8.89. The lowest BCUT2D eigenvalue weighted by molar-refractivity contribution is -0.149. The number of amides is 3. The molecule has 3 amide bonds. The van der Waals surface area contributed by atoms with Gasteiger partial charge >= 0.3 is 5.97 Å². The molecule has 1 unspecified atom stereocenters. The first kappa shape index (κ1) is 18.6. The summed E-state index contributed by atoms with van der Waals surface area (Å²) in [6.07, 6.45) is 0. The Labute approximate surface area is 137 Å². The zero-order valence-corrected chi connectivity index (χ0v) is 13.7. The molecule has 0 spiro atoms. The van der Waals surface area contributed by atoms with Crippen LogP contribution in [-0.4, -0.2) is 59.4 Å². The largest absolute Gasteiger partial charge is 0.480 e. The Morgan fingerprint density at radius 3 is 2.52 bits per heavy atom. The normalized spacial score (nSPS) is 11.4. The van der Waals surface area contributed by atoms with Gasteiger partial charge in [0.2, 0.25) is 11.8 Å². The molecule has 0 aromatic carbocycles. The van der Waals surface area contributed by atoms with Crippen molar-refractivity contribution in [3.8, 4) is 0 Å². The number of thiophene rings is 1. The second-order valence-corrected chi connectivity index (χ2v) is 5.69. The minimum atomic E-state index is -1.16. The fourth-order valence-electron chi connectivity index (χ4n) is 1.77. The van der Waals surface area contributed by atoms with Gasteiger partial charge in [0.25, 0.3) is 5.91 Å². The average Bonchev–Trinajstić information content (AvgIpc) is 3.02. The monoisotopic (exact) mass is 341 g/mol. The molecule has 126 valence electrons. The fraction of sp³-hybridized carbons (Fsp3) is 0.429. The Morgan fingerprint density at radius 2 is 2.00 bits per heavy atom. The van der Waals surface area contributed by atoms with E-state index in [0.29, 0.717) is 4.88 Å². The van der Waals surface area contributed by atoms with Gasteiger partial charge in [-0.1, -0.05) is 6.07 Å². The van der Waals surface area contributed by atoms with Crippen molar-refractivity contribution in [2.24, 2.45) is 0 Å². The lowest BCUT2D eigenvalue weighted by Crippen LogP contribution is -2.50. The number of carboxylic acids is 1. The van der Waals surface area contributed by atoms with E-state index < -0.39 is 23.8 Å². The highest BCUT2D eigenvalue weighted by Crippen LogP contribution is 2.07. The predicted octanol–water partition coefficient (Wildman–Crippen LogP) is -0.0843. The van der Waals surface area contributed by atoms with Crippen molar-refractivity contribution in [1.82, 2.24) is 15.5 Å². The Kier molecular flexibility index (Phi) is 7.20. The average molecular weight is 341 g/mol. The first-order valence-corrected chi connectivity index (χ1v) is 7.79. The lowest BCUT2D eigenvalue weighted by atomic mass is 10.2. The summed E-state index contributed by atoms with van der Waals surface area (Å²) < 4.78 is 0. The highest BCUT2D eigenvalue weighted by Gasteiger charge is 2.25. The molecule has 0 radical (unpaired) electrons. The number of aliphatic carboxylic acids is 1. The molecule has 9 heteroatoms. The van der Waals surface area contributed by atoms with E-state index in [-0.39, 0.29) is 25.5 Å². The molecule has 0 saturated carbocycles. The third-order valence-electron chi connectivity index (χ3n) is 3.02. The van der Waals surface area contributed by atoms with Crippen LogP contribution in [-0.2, 0) is 14.4 Å². The molecule has 1 atom stereocenters. The number of nitrogens with zero attached hydrogens (tertiary/aromatic N) is 1. The minimum absolute atomic E-state index is 0.0424. The van der Waals surface area contributed by atoms with Gasteiger partial charge in [0.05, 0.1) is 11.4 Å². The number of hydrogen-bond donors (Lipinski definition) is 3. The summed E-state index contributed by atoms with van der Waals surface area (Å²) in [5, 5.41) is 15.8. The predicted molar refractivity (Wildman–Crippen MR) is 84.1 cm³/mol. The molecule has 0 bridgehead atoms. The molecule has 0 aliphatic heterocycles. The van der Waals surface area contributed by atoms with Crippen LogP contribution in [0.5, 0.6) is 0 Å². The molecule has 0 fully saturated rings. The Hall–Kier alpha value is -2.42. The molecular formula is C14H19N3O5S. The van der Waals surface area contributed by atoms with Gasteiger partial charge in [0, 0.05) is 20.0 Å². The van der Waals surface area contributed by atoms with Crippen molar-refractivity contribution >= 4 is 35.0 Å². The minimum Gasteiger partial charge on any atom is -0.480 e. The van der Waals surface area contributed by atoms with Gasteiger partial charge in [-0.05, 0) is 18.4 Å². The van der Waals surface area contributed by atoms with Gasteiger partial charge in [0.1, 0.15) is 6.04 Å². The van der Waals surface area contributed by atoms with Crippen LogP contribution in [0.1, 0.15) is 23.5 Å². The van der Waals surface area contributed by atoms with E-state index >= 15 is 0 Å². The zero-order valence-electron chi connectivity index (χ0n) is 12.9. The number of carboxylic acid groups (broad SMARTS) is 1. The molecule has 8 nitrogen and oxygen atoms in total. The number of hydrogen-bond acceptors (Lipinski definition) is 5.